The molecule has 0 amide bonds. The molecule has 0 aliphatic heterocycles. The van der Waals surface area contributed by atoms with Gasteiger partial charge in [0.2, 0.25) is 0 Å². The van der Waals surface area contributed by atoms with Crippen molar-refractivity contribution in [3.8, 4) is 0 Å². The van der Waals surface area contributed by atoms with E-state index in [0.29, 0.717) is 12.5 Å². The molecule has 3 nitrogen and oxygen atoms in total. The molecule has 2 rings (SSSR count). The van der Waals surface area contributed by atoms with Crippen LogP contribution in [0.15, 0.2) is 28.7 Å². The highest BCUT2D eigenvalue weighted by Gasteiger charge is 2.30. The molecule has 0 heterocycles. The highest BCUT2D eigenvalue weighted by atomic mass is 79.9. The molecule has 0 spiro atoms. The maximum Gasteiger partial charge on any atom is 0.0546 e. The zero-order chi connectivity index (χ0) is 13.1. The van der Waals surface area contributed by atoms with Crippen molar-refractivity contribution in [3.05, 3.63) is 34.3 Å². The van der Waals surface area contributed by atoms with Crippen LogP contribution in [0, 0.1) is 5.92 Å². The van der Waals surface area contributed by atoms with Gasteiger partial charge in [-0.3, -0.25) is 4.90 Å². The van der Waals surface area contributed by atoms with E-state index in [4.69, 9.17) is 5.73 Å². The molecule has 1 atom stereocenters. The zero-order valence-electron chi connectivity index (χ0n) is 10.7. The molecule has 1 aromatic carbocycles. The minimum absolute atomic E-state index is 0.0804. The summed E-state index contributed by atoms with van der Waals surface area (Å²) in [6.45, 7) is 1.61. The smallest absolute Gasteiger partial charge is 0.0546 e. The fourth-order valence-corrected chi connectivity index (χ4v) is 3.22. The molecule has 0 saturated heterocycles. The molecular formula is C14H21BrN2O. The van der Waals surface area contributed by atoms with Crippen LogP contribution in [0.3, 0.4) is 0 Å². The molecule has 1 saturated carbocycles. The van der Waals surface area contributed by atoms with E-state index in [1.165, 1.54) is 5.56 Å². The van der Waals surface area contributed by atoms with Gasteiger partial charge < -0.3 is 10.8 Å². The average molecular weight is 313 g/mol. The highest BCUT2D eigenvalue weighted by Crippen LogP contribution is 2.31. The van der Waals surface area contributed by atoms with Gasteiger partial charge in [-0.1, -0.05) is 34.1 Å². The van der Waals surface area contributed by atoms with Gasteiger partial charge in [-0.2, -0.15) is 0 Å². The second-order valence-electron chi connectivity index (χ2n) is 5.20. The van der Waals surface area contributed by atoms with Gasteiger partial charge >= 0.3 is 0 Å². The maximum atomic E-state index is 9.34. The van der Waals surface area contributed by atoms with Crippen molar-refractivity contribution in [2.45, 2.75) is 25.0 Å². The lowest BCUT2D eigenvalue weighted by Crippen LogP contribution is -2.40. The Morgan fingerprint density at radius 2 is 2.11 bits per heavy atom. The van der Waals surface area contributed by atoms with Crippen LogP contribution >= 0.6 is 15.9 Å². The van der Waals surface area contributed by atoms with Crippen LogP contribution in [-0.4, -0.2) is 36.2 Å². The van der Waals surface area contributed by atoms with E-state index in [2.05, 4.69) is 40.0 Å². The number of nitrogens with zero attached hydrogens (tertiary/aromatic N) is 1. The van der Waals surface area contributed by atoms with Gasteiger partial charge in [0.25, 0.3) is 0 Å². The zero-order valence-corrected chi connectivity index (χ0v) is 12.3. The van der Waals surface area contributed by atoms with Crippen molar-refractivity contribution in [2.24, 2.45) is 11.7 Å². The van der Waals surface area contributed by atoms with Crippen molar-refractivity contribution in [1.29, 1.82) is 0 Å². The van der Waals surface area contributed by atoms with Crippen molar-refractivity contribution in [3.63, 3.8) is 0 Å². The van der Waals surface area contributed by atoms with E-state index in [1.807, 2.05) is 12.1 Å². The molecule has 0 radical (unpaired) electrons. The third-order valence-electron chi connectivity index (χ3n) is 3.78. The summed E-state index contributed by atoms with van der Waals surface area (Å²) in [7, 11) is 2.11. The summed E-state index contributed by atoms with van der Waals surface area (Å²) in [6.07, 6.45) is 1.78. The lowest BCUT2D eigenvalue weighted by Gasteiger charge is -2.37. The Morgan fingerprint density at radius 1 is 1.44 bits per heavy atom. The van der Waals surface area contributed by atoms with E-state index in [-0.39, 0.29) is 12.1 Å². The Bertz CT molecular complexity index is 393. The van der Waals surface area contributed by atoms with Crippen LogP contribution in [0.5, 0.6) is 0 Å². The summed E-state index contributed by atoms with van der Waals surface area (Å²) in [5, 5.41) is 9.34. The number of rotatable bonds is 5. The minimum Gasteiger partial charge on any atom is -0.393 e. The number of halogens is 1. The molecule has 0 aromatic heterocycles. The molecule has 18 heavy (non-hydrogen) atoms. The molecular weight excluding hydrogens is 292 g/mol. The van der Waals surface area contributed by atoms with Gasteiger partial charge in [0.15, 0.2) is 0 Å². The Labute approximate surface area is 117 Å². The number of nitrogens with two attached hydrogens (primary N) is 1. The molecule has 100 valence electrons. The normalized spacial score (nSPS) is 24.9. The van der Waals surface area contributed by atoms with Crippen LogP contribution < -0.4 is 5.73 Å². The molecule has 1 fully saturated rings. The highest BCUT2D eigenvalue weighted by molar-refractivity contribution is 9.10. The van der Waals surface area contributed by atoms with E-state index in [9.17, 15) is 5.11 Å². The number of likely N-dealkylation sites (N-methyl/N-ethyl adjacent to an activating group) is 1. The standard InChI is InChI=1S/C14H21BrN2O/c1-17(9-10-6-11(18)7-10)14(8-16)12-4-2-3-5-13(12)15/h2-5,10-11,14,18H,6-9,16H2,1H3. The largest absolute Gasteiger partial charge is 0.393 e. The molecule has 4 heteroatoms. The number of hydrogen-bond acceptors (Lipinski definition) is 3. The van der Waals surface area contributed by atoms with E-state index in [0.717, 1.165) is 23.9 Å². The van der Waals surface area contributed by atoms with Gasteiger partial charge in [-0.15, -0.1) is 0 Å². The number of aliphatic hydroxyl groups is 1. The molecule has 1 aliphatic rings. The SMILES string of the molecule is CN(CC1CC(O)C1)C(CN)c1ccccc1Br. The van der Waals surface area contributed by atoms with Gasteiger partial charge in [0.05, 0.1) is 6.10 Å². The first-order valence-electron chi connectivity index (χ1n) is 6.44. The predicted molar refractivity (Wildman–Crippen MR) is 77.3 cm³/mol. The molecule has 3 N–H and O–H groups in total. The van der Waals surface area contributed by atoms with Crippen molar-refractivity contribution in [2.75, 3.05) is 20.1 Å². The maximum absolute atomic E-state index is 9.34. The lowest BCUT2D eigenvalue weighted by molar-refractivity contribution is 0.0224. The quantitative estimate of drug-likeness (QED) is 0.876. The van der Waals surface area contributed by atoms with Crippen LogP contribution in [-0.2, 0) is 0 Å². The third-order valence-corrected chi connectivity index (χ3v) is 4.50. The molecule has 1 unspecified atom stereocenters. The van der Waals surface area contributed by atoms with Crippen LogP contribution in [0.2, 0.25) is 0 Å². The van der Waals surface area contributed by atoms with Crippen molar-refractivity contribution in [1.82, 2.24) is 4.90 Å². The fraction of sp³-hybridized carbons (Fsp3) is 0.571. The molecule has 1 aliphatic carbocycles. The first-order chi connectivity index (χ1) is 8.61. The van der Waals surface area contributed by atoms with Gasteiger partial charge in [0, 0.05) is 23.6 Å². The summed E-state index contributed by atoms with van der Waals surface area (Å²) in [5.74, 6) is 0.613. The topological polar surface area (TPSA) is 49.5 Å². The number of aliphatic hydroxyl groups excluding tert-OH is 1. The lowest BCUT2D eigenvalue weighted by atomic mass is 9.82. The van der Waals surface area contributed by atoms with Crippen molar-refractivity contribution >= 4 is 15.9 Å². The average Bonchev–Trinajstić information content (AvgIpc) is 2.30. The summed E-state index contributed by atoms with van der Waals surface area (Å²) in [6, 6.07) is 8.47. The van der Waals surface area contributed by atoms with Crippen molar-refractivity contribution < 1.29 is 5.11 Å². The third kappa shape index (κ3) is 3.12. The van der Waals surface area contributed by atoms with E-state index in [1.54, 1.807) is 0 Å². The summed E-state index contributed by atoms with van der Waals surface area (Å²) in [5.41, 5.74) is 7.16. The Morgan fingerprint density at radius 3 is 2.67 bits per heavy atom. The molecule has 0 bridgehead atoms. The Kier molecular flexibility index (Phi) is 4.78. The first-order valence-corrected chi connectivity index (χ1v) is 7.24. The Balaban J connectivity index is 2.01. The van der Waals surface area contributed by atoms with E-state index >= 15 is 0 Å². The summed E-state index contributed by atoms with van der Waals surface area (Å²) >= 11 is 3.59. The van der Waals surface area contributed by atoms with E-state index < -0.39 is 0 Å². The van der Waals surface area contributed by atoms with Gasteiger partial charge in [-0.05, 0) is 37.4 Å². The second-order valence-corrected chi connectivity index (χ2v) is 6.06. The number of benzene rings is 1. The monoisotopic (exact) mass is 312 g/mol. The minimum atomic E-state index is -0.0804. The first kappa shape index (κ1) is 14.0. The fourth-order valence-electron chi connectivity index (χ4n) is 2.67. The summed E-state index contributed by atoms with van der Waals surface area (Å²) < 4.78 is 1.11. The van der Waals surface area contributed by atoms with Gasteiger partial charge in [-0.25, -0.2) is 0 Å². The molecule has 1 aromatic rings. The predicted octanol–water partition coefficient (Wildman–Crippen LogP) is 2.15. The van der Waals surface area contributed by atoms with Gasteiger partial charge in [0.1, 0.15) is 0 Å². The van der Waals surface area contributed by atoms with Crippen LogP contribution in [0.25, 0.3) is 0 Å². The van der Waals surface area contributed by atoms with Crippen LogP contribution in [0.1, 0.15) is 24.4 Å². The number of hydrogen-bond donors (Lipinski definition) is 2. The second kappa shape index (κ2) is 6.15. The summed E-state index contributed by atoms with van der Waals surface area (Å²) in [4.78, 5) is 2.30. The van der Waals surface area contributed by atoms with Crippen LogP contribution in [0.4, 0.5) is 0 Å². The Hall–Kier alpha value is -0.420.